The van der Waals surface area contributed by atoms with Gasteiger partial charge in [0.2, 0.25) is 0 Å². The molecule has 4 nitrogen and oxygen atoms in total. The van der Waals surface area contributed by atoms with E-state index in [2.05, 4.69) is 9.88 Å². The number of anilines is 2. The zero-order valence-corrected chi connectivity index (χ0v) is 8.70. The molecule has 0 saturated carbocycles. The van der Waals surface area contributed by atoms with E-state index >= 15 is 0 Å². The molecule has 1 atom stereocenters. The van der Waals surface area contributed by atoms with Crippen molar-refractivity contribution >= 4 is 23.3 Å². The predicted octanol–water partition coefficient (Wildman–Crippen LogP) is 0.502. The van der Waals surface area contributed by atoms with E-state index in [0.717, 1.165) is 17.3 Å². The van der Waals surface area contributed by atoms with Gasteiger partial charge >= 0.3 is 0 Å². The number of hydrogen-bond acceptors (Lipinski definition) is 5. The maximum atomic E-state index is 5.69. The van der Waals surface area contributed by atoms with Crippen LogP contribution in [-0.2, 0) is 0 Å². The summed E-state index contributed by atoms with van der Waals surface area (Å²) in [5.74, 6) is 2.65. The van der Waals surface area contributed by atoms with Gasteiger partial charge in [-0.3, -0.25) is 0 Å². The van der Waals surface area contributed by atoms with Gasteiger partial charge in [-0.15, -0.1) is 11.8 Å². The van der Waals surface area contributed by atoms with Crippen molar-refractivity contribution in [2.24, 2.45) is 5.73 Å². The Kier molecular flexibility index (Phi) is 2.79. The van der Waals surface area contributed by atoms with E-state index in [1.807, 2.05) is 30.1 Å². The smallest absolute Gasteiger partial charge is 0.123 e. The van der Waals surface area contributed by atoms with Crippen molar-refractivity contribution in [1.29, 1.82) is 0 Å². The lowest BCUT2D eigenvalue weighted by atomic mass is 10.2. The largest absolute Gasteiger partial charge is 0.384 e. The molecule has 2 heterocycles. The summed E-state index contributed by atoms with van der Waals surface area (Å²) < 4.78 is 0. The van der Waals surface area contributed by atoms with Crippen LogP contribution in [0.4, 0.5) is 11.5 Å². The first-order valence-electron chi connectivity index (χ1n) is 4.57. The van der Waals surface area contributed by atoms with Crippen LogP contribution in [0.2, 0.25) is 0 Å². The van der Waals surface area contributed by atoms with Crippen LogP contribution in [0.1, 0.15) is 0 Å². The summed E-state index contributed by atoms with van der Waals surface area (Å²) >= 11 is 1.90. The Bertz CT molecular complexity index is 300. The standard InChI is InChI=1S/C9H14N4S/c10-3-8-5-14-6-13(8)7-1-2-9(11)12-4-7/h1-2,4,8H,3,5-6,10H2,(H2,11,12). The quantitative estimate of drug-likeness (QED) is 0.744. The molecule has 0 aliphatic carbocycles. The van der Waals surface area contributed by atoms with Gasteiger partial charge in [-0.05, 0) is 12.1 Å². The van der Waals surface area contributed by atoms with E-state index in [9.17, 15) is 0 Å². The molecule has 2 rings (SSSR count). The maximum absolute atomic E-state index is 5.69. The lowest BCUT2D eigenvalue weighted by Gasteiger charge is -2.24. The third-order valence-electron chi connectivity index (χ3n) is 2.36. The Hall–Kier alpha value is -0.940. The molecule has 0 aromatic carbocycles. The van der Waals surface area contributed by atoms with Crippen molar-refractivity contribution in [3.05, 3.63) is 18.3 Å². The Morgan fingerprint density at radius 3 is 3.07 bits per heavy atom. The lowest BCUT2D eigenvalue weighted by Crippen LogP contribution is -2.37. The second-order valence-electron chi connectivity index (χ2n) is 3.30. The van der Waals surface area contributed by atoms with E-state index in [4.69, 9.17) is 11.5 Å². The number of pyridine rings is 1. The summed E-state index contributed by atoms with van der Waals surface area (Å²) in [4.78, 5) is 6.35. The van der Waals surface area contributed by atoms with Crippen molar-refractivity contribution < 1.29 is 0 Å². The van der Waals surface area contributed by atoms with Crippen LogP contribution in [0.15, 0.2) is 18.3 Å². The van der Waals surface area contributed by atoms with Crippen molar-refractivity contribution in [2.45, 2.75) is 6.04 Å². The van der Waals surface area contributed by atoms with E-state index in [1.165, 1.54) is 0 Å². The second-order valence-corrected chi connectivity index (χ2v) is 4.30. The molecule has 1 aliphatic rings. The maximum Gasteiger partial charge on any atom is 0.123 e. The fraction of sp³-hybridized carbons (Fsp3) is 0.444. The normalized spacial score (nSPS) is 21.5. The van der Waals surface area contributed by atoms with E-state index in [0.29, 0.717) is 18.4 Å². The highest BCUT2D eigenvalue weighted by Gasteiger charge is 2.23. The number of nitrogens with two attached hydrogens (primary N) is 2. The molecule has 1 aromatic heterocycles. The minimum atomic E-state index is 0.436. The molecule has 1 unspecified atom stereocenters. The van der Waals surface area contributed by atoms with Crippen molar-refractivity contribution in [2.75, 3.05) is 28.8 Å². The van der Waals surface area contributed by atoms with Gasteiger partial charge in [0.1, 0.15) is 5.82 Å². The van der Waals surface area contributed by atoms with Crippen molar-refractivity contribution in [1.82, 2.24) is 4.98 Å². The molecule has 1 saturated heterocycles. The Morgan fingerprint density at radius 1 is 1.57 bits per heavy atom. The summed E-state index contributed by atoms with van der Waals surface area (Å²) in [6.07, 6.45) is 1.81. The average molecular weight is 210 g/mol. The highest BCUT2D eigenvalue weighted by molar-refractivity contribution is 7.99. The summed E-state index contributed by atoms with van der Waals surface area (Å²) in [7, 11) is 0. The fourth-order valence-electron chi connectivity index (χ4n) is 1.53. The molecule has 14 heavy (non-hydrogen) atoms. The predicted molar refractivity (Wildman–Crippen MR) is 61.3 cm³/mol. The van der Waals surface area contributed by atoms with Gasteiger partial charge < -0.3 is 16.4 Å². The van der Waals surface area contributed by atoms with E-state index in [-0.39, 0.29) is 0 Å². The van der Waals surface area contributed by atoms with Crippen LogP contribution in [0.5, 0.6) is 0 Å². The van der Waals surface area contributed by atoms with Crippen LogP contribution < -0.4 is 16.4 Å². The zero-order chi connectivity index (χ0) is 9.97. The van der Waals surface area contributed by atoms with E-state index < -0.39 is 0 Å². The van der Waals surface area contributed by atoms with Gasteiger partial charge in [0.05, 0.1) is 23.8 Å². The van der Waals surface area contributed by atoms with Gasteiger partial charge in [-0.25, -0.2) is 4.98 Å². The molecule has 1 aliphatic heterocycles. The third kappa shape index (κ3) is 1.78. The number of aromatic nitrogens is 1. The molecule has 5 heteroatoms. The van der Waals surface area contributed by atoms with Gasteiger partial charge in [0.15, 0.2) is 0 Å². The Balaban J connectivity index is 2.17. The Labute approximate surface area is 87.7 Å². The molecule has 0 spiro atoms. The number of nitrogens with zero attached hydrogens (tertiary/aromatic N) is 2. The van der Waals surface area contributed by atoms with Crippen LogP contribution in [0.3, 0.4) is 0 Å². The topological polar surface area (TPSA) is 68.2 Å². The van der Waals surface area contributed by atoms with Gasteiger partial charge in [0.25, 0.3) is 0 Å². The van der Waals surface area contributed by atoms with Crippen molar-refractivity contribution in [3.63, 3.8) is 0 Å². The van der Waals surface area contributed by atoms with Crippen molar-refractivity contribution in [3.8, 4) is 0 Å². The summed E-state index contributed by atoms with van der Waals surface area (Å²) in [5, 5.41) is 0. The van der Waals surface area contributed by atoms with Crippen LogP contribution in [0.25, 0.3) is 0 Å². The van der Waals surface area contributed by atoms with E-state index in [1.54, 1.807) is 0 Å². The number of nitrogen functional groups attached to an aromatic ring is 1. The molecule has 0 amide bonds. The summed E-state index contributed by atoms with van der Waals surface area (Å²) in [6.45, 7) is 0.692. The Morgan fingerprint density at radius 2 is 2.43 bits per heavy atom. The molecule has 4 N–H and O–H groups in total. The highest BCUT2D eigenvalue weighted by atomic mass is 32.2. The SMILES string of the molecule is NCC1CSCN1c1ccc(N)nc1. The fourth-order valence-corrected chi connectivity index (χ4v) is 2.78. The van der Waals surface area contributed by atoms with Gasteiger partial charge in [0, 0.05) is 12.3 Å². The number of rotatable bonds is 2. The molecular weight excluding hydrogens is 196 g/mol. The van der Waals surface area contributed by atoms with Crippen LogP contribution >= 0.6 is 11.8 Å². The minimum Gasteiger partial charge on any atom is -0.384 e. The molecular formula is C9H14N4S. The molecule has 0 bridgehead atoms. The average Bonchev–Trinajstić information content (AvgIpc) is 2.67. The number of hydrogen-bond donors (Lipinski definition) is 2. The first-order valence-corrected chi connectivity index (χ1v) is 5.72. The third-order valence-corrected chi connectivity index (χ3v) is 3.44. The molecule has 76 valence electrons. The minimum absolute atomic E-state index is 0.436. The van der Waals surface area contributed by atoms with Crippen LogP contribution in [0, 0.1) is 0 Å². The lowest BCUT2D eigenvalue weighted by molar-refractivity contribution is 0.717. The van der Waals surface area contributed by atoms with Gasteiger partial charge in [-0.2, -0.15) is 0 Å². The van der Waals surface area contributed by atoms with Gasteiger partial charge in [-0.1, -0.05) is 0 Å². The molecule has 0 radical (unpaired) electrons. The summed E-state index contributed by atoms with van der Waals surface area (Å²) in [5.41, 5.74) is 12.3. The monoisotopic (exact) mass is 210 g/mol. The first-order chi connectivity index (χ1) is 6.81. The first kappa shape index (κ1) is 9.61. The zero-order valence-electron chi connectivity index (χ0n) is 7.89. The second kappa shape index (κ2) is 4.06. The molecule has 1 fully saturated rings. The highest BCUT2D eigenvalue weighted by Crippen LogP contribution is 2.26. The molecule has 1 aromatic rings. The number of thioether (sulfide) groups is 1. The summed E-state index contributed by atoms with van der Waals surface area (Å²) in [6, 6.07) is 4.26. The van der Waals surface area contributed by atoms with Crippen LogP contribution in [-0.4, -0.2) is 29.2 Å².